The molecule has 4 heteroatoms. The van der Waals surface area contributed by atoms with E-state index in [9.17, 15) is 4.39 Å². The van der Waals surface area contributed by atoms with Crippen LogP contribution < -0.4 is 4.74 Å². The van der Waals surface area contributed by atoms with Crippen molar-refractivity contribution in [1.82, 2.24) is 9.38 Å². The first-order valence-electron chi connectivity index (χ1n) is 6.01. The molecule has 1 aromatic carbocycles. The lowest BCUT2D eigenvalue weighted by atomic mass is 10.1. The maximum absolute atomic E-state index is 13.6. The zero-order valence-electron chi connectivity index (χ0n) is 10.5. The first-order valence-corrected chi connectivity index (χ1v) is 6.01. The second kappa shape index (κ2) is 4.72. The fourth-order valence-electron chi connectivity index (χ4n) is 2.06. The fourth-order valence-corrected chi connectivity index (χ4v) is 2.06. The van der Waals surface area contributed by atoms with Gasteiger partial charge in [-0.1, -0.05) is 18.2 Å². The van der Waals surface area contributed by atoms with Crippen molar-refractivity contribution in [2.45, 2.75) is 6.42 Å². The summed E-state index contributed by atoms with van der Waals surface area (Å²) in [5, 5.41) is 0. The maximum atomic E-state index is 13.6. The summed E-state index contributed by atoms with van der Waals surface area (Å²) >= 11 is 0. The smallest absolute Gasteiger partial charge is 0.140 e. The van der Waals surface area contributed by atoms with Crippen LogP contribution in [-0.2, 0) is 6.42 Å². The van der Waals surface area contributed by atoms with Crippen LogP contribution in [0.2, 0.25) is 0 Å². The molecule has 19 heavy (non-hydrogen) atoms. The quantitative estimate of drug-likeness (QED) is 0.720. The van der Waals surface area contributed by atoms with Crippen molar-refractivity contribution in [3.05, 3.63) is 65.9 Å². The van der Waals surface area contributed by atoms with E-state index in [0.29, 0.717) is 12.0 Å². The van der Waals surface area contributed by atoms with Gasteiger partial charge in [0.05, 0.1) is 12.8 Å². The van der Waals surface area contributed by atoms with Crippen LogP contribution in [0.4, 0.5) is 4.39 Å². The Hall–Kier alpha value is -2.36. The van der Waals surface area contributed by atoms with Crippen molar-refractivity contribution in [3.8, 4) is 5.75 Å². The number of nitrogens with zero attached hydrogens (tertiary/aromatic N) is 2. The second-order valence-electron chi connectivity index (χ2n) is 4.33. The number of aromatic nitrogens is 2. The van der Waals surface area contributed by atoms with E-state index >= 15 is 0 Å². The van der Waals surface area contributed by atoms with E-state index in [1.807, 2.05) is 35.0 Å². The average Bonchev–Trinajstić information content (AvgIpc) is 2.82. The van der Waals surface area contributed by atoms with Crippen molar-refractivity contribution in [1.29, 1.82) is 0 Å². The Bertz CT molecular complexity index is 721. The predicted molar refractivity (Wildman–Crippen MR) is 71.0 cm³/mol. The Morgan fingerprint density at radius 1 is 1.26 bits per heavy atom. The Morgan fingerprint density at radius 2 is 2.11 bits per heavy atom. The van der Waals surface area contributed by atoms with Gasteiger partial charge in [0.1, 0.15) is 17.2 Å². The molecule has 0 aliphatic carbocycles. The maximum Gasteiger partial charge on any atom is 0.140 e. The summed E-state index contributed by atoms with van der Waals surface area (Å²) in [7, 11) is 1.62. The topological polar surface area (TPSA) is 26.5 Å². The first kappa shape index (κ1) is 11.7. The average molecular weight is 256 g/mol. The highest BCUT2D eigenvalue weighted by molar-refractivity contribution is 5.46. The monoisotopic (exact) mass is 256 g/mol. The molecule has 2 heterocycles. The summed E-state index contributed by atoms with van der Waals surface area (Å²) in [6.45, 7) is 0. The van der Waals surface area contributed by atoms with Gasteiger partial charge < -0.3 is 9.14 Å². The molecule has 0 N–H and O–H groups in total. The Balaban J connectivity index is 1.95. The third-order valence-electron chi connectivity index (χ3n) is 3.05. The lowest BCUT2D eigenvalue weighted by molar-refractivity contribution is 0.414. The number of fused-ring (bicyclic) bond motifs is 1. The molecule has 0 saturated carbocycles. The summed E-state index contributed by atoms with van der Waals surface area (Å²) < 4.78 is 20.7. The molecule has 0 amide bonds. The van der Waals surface area contributed by atoms with Crippen molar-refractivity contribution >= 4 is 5.65 Å². The lowest BCUT2D eigenvalue weighted by Gasteiger charge is -1.98. The lowest BCUT2D eigenvalue weighted by Crippen LogP contribution is -1.91. The van der Waals surface area contributed by atoms with Gasteiger partial charge in [-0.2, -0.15) is 0 Å². The number of pyridine rings is 1. The van der Waals surface area contributed by atoms with E-state index in [1.165, 1.54) is 6.07 Å². The minimum atomic E-state index is -0.197. The molecule has 0 aliphatic heterocycles. The van der Waals surface area contributed by atoms with Crippen LogP contribution in [0, 0.1) is 5.82 Å². The van der Waals surface area contributed by atoms with Crippen LogP contribution >= 0.6 is 0 Å². The molecule has 96 valence electrons. The summed E-state index contributed by atoms with van der Waals surface area (Å²) in [6.07, 6.45) is 4.27. The molecule has 0 bridgehead atoms. The van der Waals surface area contributed by atoms with Gasteiger partial charge in [0.15, 0.2) is 0 Å². The van der Waals surface area contributed by atoms with Crippen LogP contribution in [-0.4, -0.2) is 16.5 Å². The van der Waals surface area contributed by atoms with E-state index in [-0.39, 0.29) is 5.82 Å². The minimum absolute atomic E-state index is 0.197. The largest absolute Gasteiger partial charge is 0.497 e. The fraction of sp³-hybridized carbons (Fsp3) is 0.133. The predicted octanol–water partition coefficient (Wildman–Crippen LogP) is 3.07. The van der Waals surface area contributed by atoms with Gasteiger partial charge in [-0.25, -0.2) is 9.37 Å². The molecule has 0 atom stereocenters. The molecule has 0 fully saturated rings. The standard InChI is InChI=1S/C15H13FN2O/c1-19-13-6-7-18-10-12(17-15(18)9-13)8-11-4-2-3-5-14(11)16/h2-7,9-10H,8H2,1H3. The van der Waals surface area contributed by atoms with Crippen molar-refractivity contribution in [2.75, 3.05) is 7.11 Å². The number of halogens is 1. The van der Waals surface area contributed by atoms with Gasteiger partial charge in [-0.15, -0.1) is 0 Å². The zero-order valence-corrected chi connectivity index (χ0v) is 10.5. The van der Waals surface area contributed by atoms with E-state index in [2.05, 4.69) is 4.98 Å². The zero-order chi connectivity index (χ0) is 13.2. The molecular formula is C15H13FN2O. The Morgan fingerprint density at radius 3 is 2.89 bits per heavy atom. The van der Waals surface area contributed by atoms with Crippen LogP contribution in [0.25, 0.3) is 5.65 Å². The molecule has 3 rings (SSSR count). The van der Waals surface area contributed by atoms with Crippen LogP contribution in [0.15, 0.2) is 48.8 Å². The van der Waals surface area contributed by atoms with Crippen molar-refractivity contribution in [3.63, 3.8) is 0 Å². The van der Waals surface area contributed by atoms with Crippen molar-refractivity contribution in [2.24, 2.45) is 0 Å². The number of methoxy groups -OCH3 is 1. The highest BCUT2D eigenvalue weighted by Crippen LogP contribution is 2.17. The second-order valence-corrected chi connectivity index (χ2v) is 4.33. The number of hydrogen-bond acceptors (Lipinski definition) is 2. The Kier molecular flexibility index (Phi) is 2.91. The van der Waals surface area contributed by atoms with Crippen LogP contribution in [0.5, 0.6) is 5.75 Å². The summed E-state index contributed by atoms with van der Waals surface area (Å²) in [5.41, 5.74) is 2.28. The van der Waals surface area contributed by atoms with E-state index in [4.69, 9.17) is 4.74 Å². The molecule has 0 saturated heterocycles. The highest BCUT2D eigenvalue weighted by Gasteiger charge is 2.06. The molecule has 3 aromatic rings. The number of imidazole rings is 1. The van der Waals surface area contributed by atoms with Gasteiger partial charge in [0, 0.05) is 24.9 Å². The number of ether oxygens (including phenoxy) is 1. The summed E-state index contributed by atoms with van der Waals surface area (Å²) in [5.74, 6) is 0.563. The Labute approximate surface area is 110 Å². The summed E-state index contributed by atoms with van der Waals surface area (Å²) in [4.78, 5) is 4.47. The third-order valence-corrected chi connectivity index (χ3v) is 3.05. The number of benzene rings is 1. The highest BCUT2D eigenvalue weighted by atomic mass is 19.1. The van der Waals surface area contributed by atoms with Gasteiger partial charge in [-0.05, 0) is 17.7 Å². The minimum Gasteiger partial charge on any atom is -0.497 e. The molecule has 0 radical (unpaired) electrons. The SMILES string of the molecule is COc1ccn2cc(Cc3ccccc3F)nc2c1. The molecular weight excluding hydrogens is 243 g/mol. The van der Waals surface area contributed by atoms with Crippen LogP contribution in [0.3, 0.4) is 0 Å². The van der Waals surface area contributed by atoms with Gasteiger partial charge in [0.25, 0.3) is 0 Å². The molecule has 3 nitrogen and oxygen atoms in total. The van der Waals surface area contributed by atoms with Gasteiger partial charge >= 0.3 is 0 Å². The van der Waals surface area contributed by atoms with E-state index < -0.39 is 0 Å². The molecule has 0 spiro atoms. The molecule has 2 aromatic heterocycles. The summed E-state index contributed by atoms with van der Waals surface area (Å²) in [6, 6.07) is 10.5. The van der Waals surface area contributed by atoms with Gasteiger partial charge in [-0.3, -0.25) is 0 Å². The van der Waals surface area contributed by atoms with E-state index in [1.54, 1.807) is 19.2 Å². The van der Waals surface area contributed by atoms with Gasteiger partial charge in [0.2, 0.25) is 0 Å². The number of rotatable bonds is 3. The van der Waals surface area contributed by atoms with Crippen molar-refractivity contribution < 1.29 is 9.13 Å². The third kappa shape index (κ3) is 2.29. The van der Waals surface area contributed by atoms with E-state index in [0.717, 1.165) is 17.1 Å². The first-order chi connectivity index (χ1) is 9.26. The molecule has 0 unspecified atom stereocenters. The number of hydrogen-bond donors (Lipinski definition) is 0. The normalized spacial score (nSPS) is 10.8. The molecule has 0 aliphatic rings. The van der Waals surface area contributed by atoms with Crippen LogP contribution in [0.1, 0.15) is 11.3 Å².